The van der Waals surface area contributed by atoms with Gasteiger partial charge in [-0.1, -0.05) is 0 Å². The van der Waals surface area contributed by atoms with E-state index in [-0.39, 0.29) is 24.2 Å². The van der Waals surface area contributed by atoms with Gasteiger partial charge in [0, 0.05) is 24.7 Å². The number of carbonyl (C=O) groups excluding carboxylic acids is 2. The normalized spacial score (nSPS) is 9.22. The first-order chi connectivity index (χ1) is 8.11. The maximum absolute atomic E-state index is 11.4. The van der Waals surface area contributed by atoms with Crippen molar-refractivity contribution in [2.75, 3.05) is 17.2 Å². The second-order valence-corrected chi connectivity index (χ2v) is 3.70. The Labute approximate surface area is 113 Å². The van der Waals surface area contributed by atoms with Crippen LogP contribution >= 0.6 is 12.4 Å². The highest BCUT2D eigenvalue weighted by atomic mass is 35.5. The molecule has 0 unspecified atom stereocenters. The smallest absolute Gasteiger partial charge is 0.224 e. The Bertz CT molecular complexity index is 393. The standard InChI is InChI=1S/C12H17N3O2.ClH/c1-9(16)14-10-4-6-11(7-5-10)15-12(17)3-2-8-13;/h4-7H,2-3,8,13H2,1H3,(H,14,16)(H,15,17);1H. The number of halogens is 1. The summed E-state index contributed by atoms with van der Waals surface area (Å²) >= 11 is 0. The van der Waals surface area contributed by atoms with Crippen LogP contribution in [0.1, 0.15) is 19.8 Å². The number of carbonyl (C=O) groups is 2. The fourth-order valence-corrected chi connectivity index (χ4v) is 1.33. The maximum Gasteiger partial charge on any atom is 0.224 e. The third-order valence-electron chi connectivity index (χ3n) is 2.10. The van der Waals surface area contributed by atoms with Crippen LogP contribution in [0.4, 0.5) is 11.4 Å². The van der Waals surface area contributed by atoms with Gasteiger partial charge in [0.05, 0.1) is 0 Å². The lowest BCUT2D eigenvalue weighted by atomic mass is 10.2. The van der Waals surface area contributed by atoms with Gasteiger partial charge >= 0.3 is 0 Å². The summed E-state index contributed by atoms with van der Waals surface area (Å²) in [5, 5.41) is 5.40. The Morgan fingerprint density at radius 2 is 1.61 bits per heavy atom. The van der Waals surface area contributed by atoms with Gasteiger partial charge in [-0.15, -0.1) is 12.4 Å². The second-order valence-electron chi connectivity index (χ2n) is 3.70. The molecule has 0 heterocycles. The van der Waals surface area contributed by atoms with Gasteiger partial charge in [-0.25, -0.2) is 0 Å². The summed E-state index contributed by atoms with van der Waals surface area (Å²) in [6, 6.07) is 6.96. The summed E-state index contributed by atoms with van der Waals surface area (Å²) in [5.74, 6) is -0.174. The molecule has 0 aliphatic carbocycles. The summed E-state index contributed by atoms with van der Waals surface area (Å²) in [7, 11) is 0. The zero-order valence-electron chi connectivity index (χ0n) is 10.2. The molecule has 0 spiro atoms. The minimum absolute atomic E-state index is 0. The van der Waals surface area contributed by atoms with Gasteiger partial charge in [0.15, 0.2) is 0 Å². The van der Waals surface area contributed by atoms with Gasteiger partial charge in [0.25, 0.3) is 0 Å². The number of anilines is 2. The lowest BCUT2D eigenvalue weighted by Crippen LogP contribution is -2.13. The maximum atomic E-state index is 11.4. The van der Waals surface area contributed by atoms with Crippen LogP contribution in [0.2, 0.25) is 0 Å². The van der Waals surface area contributed by atoms with E-state index in [1.54, 1.807) is 24.3 Å². The highest BCUT2D eigenvalue weighted by Crippen LogP contribution is 2.13. The fraction of sp³-hybridized carbons (Fsp3) is 0.333. The third kappa shape index (κ3) is 6.22. The predicted octanol–water partition coefficient (Wildman–Crippen LogP) is 1.74. The van der Waals surface area contributed by atoms with E-state index < -0.39 is 0 Å². The van der Waals surface area contributed by atoms with E-state index in [2.05, 4.69) is 10.6 Å². The van der Waals surface area contributed by atoms with Crippen LogP contribution < -0.4 is 16.4 Å². The van der Waals surface area contributed by atoms with Crippen LogP contribution in [0.25, 0.3) is 0 Å². The molecule has 0 aliphatic rings. The highest BCUT2D eigenvalue weighted by Gasteiger charge is 2.01. The van der Waals surface area contributed by atoms with Crippen LogP contribution in [-0.4, -0.2) is 18.4 Å². The first kappa shape index (κ1) is 16.4. The molecule has 18 heavy (non-hydrogen) atoms. The van der Waals surface area contributed by atoms with Gasteiger partial charge in [-0.05, 0) is 37.2 Å². The van der Waals surface area contributed by atoms with Crippen LogP contribution in [0.3, 0.4) is 0 Å². The van der Waals surface area contributed by atoms with Crippen LogP contribution in [-0.2, 0) is 9.59 Å². The molecule has 1 aromatic rings. The molecular weight excluding hydrogens is 254 g/mol. The van der Waals surface area contributed by atoms with Crippen molar-refractivity contribution in [1.29, 1.82) is 0 Å². The molecule has 0 aliphatic heterocycles. The third-order valence-corrected chi connectivity index (χ3v) is 2.10. The minimum Gasteiger partial charge on any atom is -0.330 e. The molecule has 0 atom stereocenters. The number of amides is 2. The van der Waals surface area contributed by atoms with Crippen molar-refractivity contribution < 1.29 is 9.59 Å². The van der Waals surface area contributed by atoms with Crippen LogP contribution in [0, 0.1) is 0 Å². The summed E-state index contributed by atoms with van der Waals surface area (Å²) in [5.41, 5.74) is 6.73. The molecule has 0 bridgehead atoms. The van der Waals surface area contributed by atoms with Gasteiger partial charge in [-0.2, -0.15) is 0 Å². The number of rotatable bonds is 5. The van der Waals surface area contributed by atoms with Gasteiger partial charge < -0.3 is 16.4 Å². The molecule has 100 valence electrons. The molecular formula is C12H18ClN3O2. The Morgan fingerprint density at radius 3 is 2.06 bits per heavy atom. The fourth-order valence-electron chi connectivity index (χ4n) is 1.33. The van der Waals surface area contributed by atoms with E-state index in [4.69, 9.17) is 5.73 Å². The van der Waals surface area contributed by atoms with E-state index >= 15 is 0 Å². The molecule has 5 nitrogen and oxygen atoms in total. The van der Waals surface area contributed by atoms with Crippen molar-refractivity contribution in [3.05, 3.63) is 24.3 Å². The molecule has 1 aromatic carbocycles. The number of hydrogen-bond donors (Lipinski definition) is 3. The topological polar surface area (TPSA) is 84.2 Å². The Kier molecular flexibility index (Phi) is 7.74. The highest BCUT2D eigenvalue weighted by molar-refractivity contribution is 5.92. The lowest BCUT2D eigenvalue weighted by Gasteiger charge is -2.06. The van der Waals surface area contributed by atoms with Crippen molar-refractivity contribution in [2.45, 2.75) is 19.8 Å². The predicted molar refractivity (Wildman–Crippen MR) is 74.9 cm³/mol. The average Bonchev–Trinajstić information content (AvgIpc) is 2.28. The largest absolute Gasteiger partial charge is 0.330 e. The summed E-state index contributed by atoms with van der Waals surface area (Å²) in [6.45, 7) is 1.96. The summed E-state index contributed by atoms with van der Waals surface area (Å²) < 4.78 is 0. The van der Waals surface area contributed by atoms with E-state index in [1.807, 2.05) is 0 Å². The van der Waals surface area contributed by atoms with Crippen LogP contribution in [0.5, 0.6) is 0 Å². The SMILES string of the molecule is CC(=O)Nc1ccc(NC(=O)CCCN)cc1.Cl. The van der Waals surface area contributed by atoms with Crippen molar-refractivity contribution in [1.82, 2.24) is 0 Å². The second kappa shape index (κ2) is 8.49. The number of benzene rings is 1. The molecule has 1 rings (SSSR count). The van der Waals surface area contributed by atoms with Crippen molar-refractivity contribution in [2.24, 2.45) is 5.73 Å². The average molecular weight is 272 g/mol. The Balaban J connectivity index is 0.00000289. The zero-order chi connectivity index (χ0) is 12.7. The quantitative estimate of drug-likeness (QED) is 0.763. The molecule has 0 fully saturated rings. The van der Waals surface area contributed by atoms with Gasteiger partial charge in [0.1, 0.15) is 0 Å². The van der Waals surface area contributed by atoms with Gasteiger partial charge in [-0.3, -0.25) is 9.59 Å². The Hall–Kier alpha value is -1.59. The number of nitrogens with two attached hydrogens (primary N) is 1. The molecule has 0 saturated carbocycles. The summed E-state index contributed by atoms with van der Waals surface area (Å²) in [4.78, 5) is 22.2. The number of hydrogen-bond acceptors (Lipinski definition) is 3. The minimum atomic E-state index is -0.121. The van der Waals surface area contributed by atoms with E-state index in [0.29, 0.717) is 30.8 Å². The van der Waals surface area contributed by atoms with Gasteiger partial charge in [0.2, 0.25) is 11.8 Å². The van der Waals surface area contributed by atoms with Crippen molar-refractivity contribution in [3.63, 3.8) is 0 Å². The van der Waals surface area contributed by atoms with Crippen molar-refractivity contribution in [3.8, 4) is 0 Å². The molecule has 0 radical (unpaired) electrons. The first-order valence-electron chi connectivity index (χ1n) is 5.49. The van der Waals surface area contributed by atoms with Crippen molar-refractivity contribution >= 4 is 35.6 Å². The summed E-state index contributed by atoms with van der Waals surface area (Å²) in [6.07, 6.45) is 1.10. The van der Waals surface area contributed by atoms with E-state index in [0.717, 1.165) is 0 Å². The van der Waals surface area contributed by atoms with E-state index in [1.165, 1.54) is 6.92 Å². The molecule has 0 aromatic heterocycles. The molecule has 6 heteroatoms. The molecule has 2 amide bonds. The number of nitrogens with one attached hydrogen (secondary N) is 2. The first-order valence-corrected chi connectivity index (χ1v) is 5.49. The van der Waals surface area contributed by atoms with E-state index in [9.17, 15) is 9.59 Å². The lowest BCUT2D eigenvalue weighted by molar-refractivity contribution is -0.116. The molecule has 4 N–H and O–H groups in total. The van der Waals surface area contributed by atoms with Crippen LogP contribution in [0.15, 0.2) is 24.3 Å². The molecule has 0 saturated heterocycles. The monoisotopic (exact) mass is 271 g/mol. The zero-order valence-corrected chi connectivity index (χ0v) is 11.0. The Morgan fingerprint density at radius 1 is 1.11 bits per heavy atom.